The molecule has 3 aromatic heterocycles. The van der Waals surface area contributed by atoms with E-state index in [9.17, 15) is 9.59 Å². The second-order valence-corrected chi connectivity index (χ2v) is 9.06. The van der Waals surface area contributed by atoms with Crippen LogP contribution in [-0.2, 0) is 22.5 Å². The average molecular weight is 513 g/mol. The van der Waals surface area contributed by atoms with Gasteiger partial charge in [0.05, 0.1) is 18.4 Å². The third-order valence-electron chi connectivity index (χ3n) is 4.08. The number of amides is 1. The zero-order valence-electron chi connectivity index (χ0n) is 16.7. The van der Waals surface area contributed by atoms with Gasteiger partial charge in [0.2, 0.25) is 11.7 Å². The maximum absolute atomic E-state index is 12.5. The number of aromatic nitrogens is 3. The lowest BCUT2D eigenvalue weighted by Crippen LogP contribution is -2.16. The molecule has 0 saturated carbocycles. The molecule has 1 amide bonds. The Balaban J connectivity index is 1.72. The van der Waals surface area contributed by atoms with Gasteiger partial charge in [-0.1, -0.05) is 25.6 Å². The van der Waals surface area contributed by atoms with Gasteiger partial charge in [0.15, 0.2) is 15.6 Å². The average Bonchev–Trinajstić information content (AvgIpc) is 3.44. The Labute approximate surface area is 190 Å². The number of thioether (sulfide) groups is 1. The van der Waals surface area contributed by atoms with E-state index in [2.05, 4.69) is 38.4 Å². The summed E-state index contributed by atoms with van der Waals surface area (Å²) in [6, 6.07) is 5.37. The molecule has 3 heterocycles. The molecule has 8 nitrogen and oxygen atoms in total. The van der Waals surface area contributed by atoms with Gasteiger partial charge < -0.3 is 14.5 Å². The lowest BCUT2D eigenvalue weighted by Gasteiger charge is -2.08. The van der Waals surface area contributed by atoms with Crippen LogP contribution in [0.4, 0.5) is 5.00 Å². The molecule has 30 heavy (non-hydrogen) atoms. The van der Waals surface area contributed by atoms with Gasteiger partial charge in [-0.2, -0.15) is 0 Å². The first-order valence-electron chi connectivity index (χ1n) is 9.29. The minimum absolute atomic E-state index is 0.129. The highest BCUT2D eigenvalue weighted by Gasteiger charge is 2.20. The predicted molar refractivity (Wildman–Crippen MR) is 120 cm³/mol. The molecule has 0 radical (unpaired) electrons. The Morgan fingerprint density at radius 3 is 2.77 bits per heavy atom. The van der Waals surface area contributed by atoms with Crippen LogP contribution in [0.3, 0.4) is 0 Å². The number of furan rings is 1. The molecule has 0 atom stereocenters. The Morgan fingerprint density at radius 2 is 2.13 bits per heavy atom. The van der Waals surface area contributed by atoms with Gasteiger partial charge in [0.25, 0.3) is 0 Å². The first kappa shape index (κ1) is 22.6. The molecule has 0 bridgehead atoms. The normalized spacial score (nSPS) is 10.9. The van der Waals surface area contributed by atoms with Crippen LogP contribution in [0.5, 0.6) is 0 Å². The minimum Gasteiger partial charge on any atom is -0.465 e. The number of aryl methyl sites for hydroxylation is 1. The minimum atomic E-state index is -0.467. The summed E-state index contributed by atoms with van der Waals surface area (Å²) < 4.78 is 13.0. The van der Waals surface area contributed by atoms with E-state index in [0.717, 1.165) is 17.7 Å². The van der Waals surface area contributed by atoms with Gasteiger partial charge in [-0.3, -0.25) is 9.36 Å². The van der Waals surface area contributed by atoms with Crippen LogP contribution in [0.25, 0.3) is 11.6 Å². The highest BCUT2D eigenvalue weighted by molar-refractivity contribution is 9.10. The van der Waals surface area contributed by atoms with E-state index >= 15 is 0 Å². The highest BCUT2D eigenvalue weighted by Crippen LogP contribution is 2.30. The van der Waals surface area contributed by atoms with Crippen molar-refractivity contribution < 1.29 is 18.7 Å². The summed E-state index contributed by atoms with van der Waals surface area (Å²) in [5.41, 5.74) is 0.373. The number of nitrogens with one attached hydrogen (secondary N) is 1. The summed E-state index contributed by atoms with van der Waals surface area (Å²) in [5.74, 6) is 0.648. The van der Waals surface area contributed by atoms with Gasteiger partial charge >= 0.3 is 5.97 Å². The fraction of sp³-hybridized carbons (Fsp3) is 0.368. The number of ether oxygens (including phenoxy) is 1. The van der Waals surface area contributed by atoms with Crippen molar-refractivity contribution in [3.8, 4) is 11.6 Å². The number of halogens is 1. The van der Waals surface area contributed by atoms with Crippen molar-refractivity contribution in [3.05, 3.63) is 33.3 Å². The van der Waals surface area contributed by atoms with E-state index in [-0.39, 0.29) is 11.7 Å². The lowest BCUT2D eigenvalue weighted by molar-refractivity contribution is -0.113. The van der Waals surface area contributed by atoms with Gasteiger partial charge in [0.1, 0.15) is 5.00 Å². The van der Waals surface area contributed by atoms with E-state index in [1.165, 1.54) is 30.2 Å². The van der Waals surface area contributed by atoms with Crippen LogP contribution >= 0.6 is 39.0 Å². The quantitative estimate of drug-likeness (QED) is 0.323. The number of rotatable bonds is 9. The number of anilines is 1. The van der Waals surface area contributed by atoms with Crippen molar-refractivity contribution in [2.24, 2.45) is 0 Å². The molecule has 0 fully saturated rings. The number of esters is 1. The number of hydrogen-bond donors (Lipinski definition) is 1. The van der Waals surface area contributed by atoms with Crippen LogP contribution in [-0.4, -0.2) is 39.5 Å². The van der Waals surface area contributed by atoms with Crippen molar-refractivity contribution in [1.82, 2.24) is 14.8 Å². The maximum Gasteiger partial charge on any atom is 0.340 e. The Morgan fingerprint density at radius 1 is 1.33 bits per heavy atom. The second kappa shape index (κ2) is 10.3. The first-order valence-corrected chi connectivity index (χ1v) is 11.9. The fourth-order valence-electron chi connectivity index (χ4n) is 2.70. The van der Waals surface area contributed by atoms with E-state index in [1.54, 1.807) is 12.1 Å². The smallest absolute Gasteiger partial charge is 0.340 e. The number of carbonyl (C=O) groups is 2. The summed E-state index contributed by atoms with van der Waals surface area (Å²) in [6.07, 6.45) is 1.65. The number of thiophene rings is 1. The van der Waals surface area contributed by atoms with Crippen LogP contribution in [0.2, 0.25) is 0 Å². The zero-order valence-corrected chi connectivity index (χ0v) is 19.9. The number of hydrogen-bond acceptors (Lipinski definition) is 8. The fourth-order valence-corrected chi connectivity index (χ4v) is 4.77. The molecule has 0 aliphatic heterocycles. The predicted octanol–water partition coefficient (Wildman–Crippen LogP) is 4.85. The Bertz CT molecular complexity index is 1040. The SMILES string of the molecule is CCCn1c(SCC(=O)Nc2sc(CC)cc2C(=O)OC)nnc1-c1ccc(Br)o1. The molecule has 0 saturated heterocycles. The van der Waals surface area contributed by atoms with Gasteiger partial charge in [-0.25, -0.2) is 4.79 Å². The molecule has 0 spiro atoms. The van der Waals surface area contributed by atoms with Crippen molar-refractivity contribution in [1.29, 1.82) is 0 Å². The first-order chi connectivity index (χ1) is 14.5. The molecular weight excluding hydrogens is 492 g/mol. The topological polar surface area (TPSA) is 99.2 Å². The van der Waals surface area contributed by atoms with Crippen molar-refractivity contribution in [2.45, 2.75) is 38.4 Å². The Kier molecular flexibility index (Phi) is 7.73. The molecular formula is C19H21BrN4O4S2. The molecule has 11 heteroatoms. The van der Waals surface area contributed by atoms with E-state index < -0.39 is 5.97 Å². The molecule has 0 unspecified atom stereocenters. The molecule has 0 aliphatic carbocycles. The number of carbonyl (C=O) groups excluding carboxylic acids is 2. The van der Waals surface area contributed by atoms with Crippen molar-refractivity contribution >= 4 is 55.9 Å². The number of methoxy groups -OCH3 is 1. The van der Waals surface area contributed by atoms with Gasteiger partial charge in [0, 0.05) is 11.4 Å². The standard InChI is InChI=1S/C19H21BrN4O4S2/c1-4-8-24-16(13-6-7-14(20)28-13)22-23-19(24)29-10-15(25)21-17-12(18(26)27-3)9-11(5-2)30-17/h6-7,9H,4-5,8,10H2,1-3H3,(H,21,25). The summed E-state index contributed by atoms with van der Waals surface area (Å²) in [7, 11) is 1.32. The third-order valence-corrected chi connectivity index (χ3v) is 6.67. The van der Waals surface area contributed by atoms with Gasteiger partial charge in [-0.15, -0.1) is 21.5 Å². The number of nitrogens with zero attached hydrogens (tertiary/aromatic N) is 3. The van der Waals surface area contributed by atoms with Crippen molar-refractivity contribution in [2.75, 3.05) is 18.2 Å². The lowest BCUT2D eigenvalue weighted by atomic mass is 10.2. The van der Waals surface area contributed by atoms with Crippen LogP contribution in [0.15, 0.2) is 32.4 Å². The molecule has 160 valence electrons. The molecule has 0 aromatic carbocycles. The Hall–Kier alpha value is -2.11. The highest BCUT2D eigenvalue weighted by atomic mass is 79.9. The van der Waals surface area contributed by atoms with Crippen molar-refractivity contribution in [3.63, 3.8) is 0 Å². The second-order valence-electron chi connectivity index (χ2n) is 6.20. The van der Waals surface area contributed by atoms with Crippen LogP contribution in [0.1, 0.15) is 35.5 Å². The third kappa shape index (κ3) is 5.13. The molecule has 3 aromatic rings. The molecule has 1 N–H and O–H groups in total. The molecule has 3 rings (SSSR count). The van der Waals surface area contributed by atoms with E-state index in [0.29, 0.717) is 38.5 Å². The maximum atomic E-state index is 12.5. The summed E-state index contributed by atoms with van der Waals surface area (Å²) in [4.78, 5) is 25.5. The van der Waals surface area contributed by atoms with E-state index in [1.807, 2.05) is 17.6 Å². The van der Waals surface area contributed by atoms with Gasteiger partial charge in [-0.05, 0) is 47.0 Å². The zero-order chi connectivity index (χ0) is 21.7. The monoisotopic (exact) mass is 512 g/mol. The summed E-state index contributed by atoms with van der Waals surface area (Å²) in [6.45, 7) is 4.74. The van der Waals surface area contributed by atoms with Crippen LogP contribution < -0.4 is 5.32 Å². The summed E-state index contributed by atoms with van der Waals surface area (Å²) in [5, 5.41) is 12.4. The summed E-state index contributed by atoms with van der Waals surface area (Å²) >= 11 is 5.95. The molecule has 0 aliphatic rings. The largest absolute Gasteiger partial charge is 0.465 e. The van der Waals surface area contributed by atoms with E-state index in [4.69, 9.17) is 9.15 Å². The van der Waals surface area contributed by atoms with Crippen LogP contribution in [0, 0.1) is 0 Å².